The summed E-state index contributed by atoms with van der Waals surface area (Å²) in [5.74, 6) is 0.0339. The minimum Gasteiger partial charge on any atom is -0.444 e. The Balaban J connectivity index is 0.000000205. The number of hydrogen-bond acceptors (Lipinski definition) is 9. The van der Waals surface area contributed by atoms with Crippen molar-refractivity contribution in [3.63, 3.8) is 0 Å². The molecule has 0 aliphatic carbocycles. The number of nitrogens with one attached hydrogen (secondary N) is 1. The first-order valence-corrected chi connectivity index (χ1v) is 18.7. The van der Waals surface area contributed by atoms with Crippen LogP contribution in [0.25, 0.3) is 0 Å². The number of piperazine rings is 2. The van der Waals surface area contributed by atoms with Crippen LogP contribution in [0.2, 0.25) is 10.0 Å². The van der Waals surface area contributed by atoms with Crippen molar-refractivity contribution in [3.05, 3.63) is 68.7 Å². The van der Waals surface area contributed by atoms with Crippen molar-refractivity contribution < 1.29 is 28.6 Å². The molecular weight excluding hydrogens is 695 g/mol. The molecule has 0 spiro atoms. The fourth-order valence-electron chi connectivity index (χ4n) is 6.28. The summed E-state index contributed by atoms with van der Waals surface area (Å²) in [6.07, 6.45) is -0.263. The van der Waals surface area contributed by atoms with Crippen LogP contribution in [-0.4, -0.2) is 153 Å². The van der Waals surface area contributed by atoms with Crippen molar-refractivity contribution in [2.24, 2.45) is 0 Å². The van der Waals surface area contributed by atoms with E-state index in [0.717, 1.165) is 56.9 Å². The fourth-order valence-corrected chi connectivity index (χ4v) is 6.76. The Morgan fingerprint density at radius 3 is 1.49 bits per heavy atom. The normalized spacial score (nSPS) is 19.3. The van der Waals surface area contributed by atoms with Crippen molar-refractivity contribution in [3.8, 4) is 0 Å². The molecule has 0 saturated carbocycles. The zero-order valence-electron chi connectivity index (χ0n) is 30.1. The summed E-state index contributed by atoms with van der Waals surface area (Å²) in [4.78, 5) is 47.2. The van der Waals surface area contributed by atoms with Crippen LogP contribution in [0.3, 0.4) is 0 Å². The molecule has 4 aliphatic heterocycles. The Bertz CT molecular complexity index is 1480. The number of hydrogen-bond donors (Lipinski definition) is 1. The third-order valence-electron chi connectivity index (χ3n) is 9.22. The quantitative estimate of drug-likeness (QED) is 0.468. The maximum atomic E-state index is 12.6. The summed E-state index contributed by atoms with van der Waals surface area (Å²) in [6.45, 7) is 18.9. The van der Waals surface area contributed by atoms with Gasteiger partial charge in [-0.2, -0.15) is 0 Å². The average molecular weight is 748 g/mol. The topological polar surface area (TPSA) is 107 Å². The number of carbonyl (C=O) groups is 3. The largest absolute Gasteiger partial charge is 0.444 e. The van der Waals surface area contributed by atoms with Crippen molar-refractivity contribution in [1.29, 1.82) is 0 Å². The number of ether oxygens (including phenoxy) is 3. The van der Waals surface area contributed by atoms with Crippen LogP contribution in [-0.2, 0) is 27.3 Å². The van der Waals surface area contributed by atoms with Crippen LogP contribution in [0.5, 0.6) is 0 Å². The number of carbonyl (C=O) groups excluding carboxylic acids is 3. The van der Waals surface area contributed by atoms with E-state index in [0.29, 0.717) is 93.4 Å². The highest BCUT2D eigenvalue weighted by molar-refractivity contribution is 6.32. The van der Waals surface area contributed by atoms with E-state index in [-0.39, 0.29) is 17.9 Å². The molecule has 14 heteroatoms. The number of benzene rings is 2. The van der Waals surface area contributed by atoms with E-state index in [9.17, 15) is 14.4 Å². The lowest BCUT2D eigenvalue weighted by Crippen LogP contribution is -2.49. The molecule has 0 unspecified atom stereocenters. The molecule has 4 saturated heterocycles. The van der Waals surface area contributed by atoms with Gasteiger partial charge in [0, 0.05) is 113 Å². The van der Waals surface area contributed by atoms with Crippen LogP contribution < -0.4 is 5.32 Å². The van der Waals surface area contributed by atoms with Gasteiger partial charge in [0.25, 0.3) is 11.8 Å². The standard InChI is InChI=1S/C21H30ClN3O4.C16H22ClN3O2/c1-21(2,3)29-20(27)25-8-6-23(7-9-25)15-17-5-4-16(14-18(17)22)19(26)24-10-12-28-13-11-24;17-15-11-13(16(21)20-7-9-22-10-8-20)1-2-14(15)12-19-5-3-18-4-6-19/h4-5,14H,6-13,15H2,1-3H3;1-2,11,18H,3-10,12H2. The second kappa shape index (κ2) is 18.7. The van der Waals surface area contributed by atoms with Gasteiger partial charge >= 0.3 is 6.09 Å². The highest BCUT2D eigenvalue weighted by Gasteiger charge is 2.27. The molecule has 3 amide bonds. The average Bonchev–Trinajstić information content (AvgIpc) is 3.13. The van der Waals surface area contributed by atoms with E-state index in [1.165, 1.54) is 0 Å². The molecule has 1 N–H and O–H groups in total. The zero-order chi connectivity index (χ0) is 36.4. The van der Waals surface area contributed by atoms with E-state index >= 15 is 0 Å². The minimum absolute atomic E-state index is 0.00674. The van der Waals surface area contributed by atoms with E-state index in [2.05, 4.69) is 15.1 Å². The molecule has 51 heavy (non-hydrogen) atoms. The lowest BCUT2D eigenvalue weighted by atomic mass is 10.1. The number of morpholine rings is 2. The van der Waals surface area contributed by atoms with Crippen LogP contribution in [0, 0.1) is 0 Å². The van der Waals surface area contributed by atoms with Gasteiger partial charge in [-0.15, -0.1) is 0 Å². The highest BCUT2D eigenvalue weighted by atomic mass is 35.5. The fraction of sp³-hybridized carbons (Fsp3) is 0.595. The molecule has 12 nitrogen and oxygen atoms in total. The van der Waals surface area contributed by atoms with Gasteiger partial charge in [0.05, 0.1) is 26.4 Å². The Kier molecular flexibility index (Phi) is 14.4. The number of halogens is 2. The highest BCUT2D eigenvalue weighted by Crippen LogP contribution is 2.23. The van der Waals surface area contributed by atoms with Gasteiger partial charge in [0.2, 0.25) is 0 Å². The Morgan fingerprint density at radius 1 is 0.647 bits per heavy atom. The van der Waals surface area contributed by atoms with Gasteiger partial charge in [-0.05, 0) is 56.2 Å². The van der Waals surface area contributed by atoms with Crippen LogP contribution in [0.15, 0.2) is 36.4 Å². The third-order valence-corrected chi connectivity index (χ3v) is 9.92. The molecule has 4 aliphatic rings. The van der Waals surface area contributed by atoms with E-state index in [4.69, 9.17) is 37.4 Å². The lowest BCUT2D eigenvalue weighted by Gasteiger charge is -2.35. The van der Waals surface area contributed by atoms with Crippen LogP contribution in [0.4, 0.5) is 4.79 Å². The molecule has 6 rings (SSSR count). The van der Waals surface area contributed by atoms with Gasteiger partial charge in [-0.25, -0.2) is 4.79 Å². The lowest BCUT2D eigenvalue weighted by molar-refractivity contribution is 0.0139. The van der Waals surface area contributed by atoms with Gasteiger partial charge in [0.15, 0.2) is 0 Å². The summed E-state index contributed by atoms with van der Waals surface area (Å²) < 4.78 is 16.0. The Labute approximate surface area is 311 Å². The first-order chi connectivity index (χ1) is 24.5. The Hall–Kier alpha value is -2.97. The number of amides is 3. The van der Waals surface area contributed by atoms with Gasteiger partial charge in [0.1, 0.15) is 5.60 Å². The first kappa shape index (κ1) is 39.2. The van der Waals surface area contributed by atoms with Crippen molar-refractivity contribution >= 4 is 41.1 Å². The van der Waals surface area contributed by atoms with Gasteiger partial charge < -0.3 is 34.2 Å². The Morgan fingerprint density at radius 2 is 1.08 bits per heavy atom. The van der Waals surface area contributed by atoms with E-state index in [1.54, 1.807) is 21.9 Å². The van der Waals surface area contributed by atoms with Crippen molar-refractivity contribution in [1.82, 2.24) is 29.8 Å². The number of rotatable bonds is 6. The van der Waals surface area contributed by atoms with Crippen LogP contribution >= 0.6 is 23.2 Å². The molecule has 280 valence electrons. The summed E-state index contributed by atoms with van der Waals surface area (Å²) >= 11 is 12.9. The molecule has 2 aromatic rings. The number of nitrogens with zero attached hydrogens (tertiary/aromatic N) is 5. The maximum Gasteiger partial charge on any atom is 0.410 e. The van der Waals surface area contributed by atoms with E-state index < -0.39 is 5.60 Å². The molecule has 4 fully saturated rings. The zero-order valence-corrected chi connectivity index (χ0v) is 31.6. The van der Waals surface area contributed by atoms with Crippen molar-refractivity contribution in [2.45, 2.75) is 39.5 Å². The second-order valence-corrected chi connectivity index (χ2v) is 15.0. The maximum absolute atomic E-state index is 12.6. The molecule has 2 aromatic carbocycles. The summed E-state index contributed by atoms with van der Waals surface area (Å²) in [6, 6.07) is 11.2. The second-order valence-electron chi connectivity index (χ2n) is 14.2. The molecule has 0 radical (unpaired) electrons. The predicted octanol–water partition coefficient (Wildman–Crippen LogP) is 4.08. The molecule has 0 bridgehead atoms. The smallest absolute Gasteiger partial charge is 0.410 e. The molecule has 0 aromatic heterocycles. The van der Waals surface area contributed by atoms with Crippen molar-refractivity contribution in [2.75, 3.05) is 105 Å². The summed E-state index contributed by atoms with van der Waals surface area (Å²) in [5, 5.41) is 4.61. The molecule has 0 atom stereocenters. The third kappa shape index (κ3) is 11.8. The first-order valence-electron chi connectivity index (χ1n) is 17.9. The predicted molar refractivity (Wildman–Crippen MR) is 198 cm³/mol. The SMILES string of the molecule is CC(C)(C)OC(=O)N1CCN(Cc2ccc(C(=O)N3CCOCC3)cc2Cl)CC1.O=C(c1ccc(CN2CCNCC2)c(Cl)c1)N1CCOCC1. The minimum atomic E-state index is -0.484. The van der Waals surface area contributed by atoms with E-state index in [1.807, 2.05) is 49.9 Å². The monoisotopic (exact) mass is 746 g/mol. The molecular formula is C37H52Cl2N6O6. The molecule has 4 heterocycles. The van der Waals surface area contributed by atoms with Crippen LogP contribution in [0.1, 0.15) is 52.6 Å². The summed E-state index contributed by atoms with van der Waals surface area (Å²) in [5.41, 5.74) is 2.85. The van der Waals surface area contributed by atoms with Gasteiger partial charge in [-0.1, -0.05) is 35.3 Å². The van der Waals surface area contributed by atoms with Gasteiger partial charge in [-0.3, -0.25) is 19.4 Å². The summed E-state index contributed by atoms with van der Waals surface area (Å²) in [7, 11) is 0.